The smallest absolute Gasteiger partial charge is 0.139 e. The summed E-state index contributed by atoms with van der Waals surface area (Å²) in [6.45, 7) is 4.38. The molecule has 3 nitrogen and oxygen atoms in total. The van der Waals surface area contributed by atoms with E-state index in [-0.39, 0.29) is 16.7 Å². The van der Waals surface area contributed by atoms with Gasteiger partial charge in [0.2, 0.25) is 0 Å². The molecular weight excluding hydrogens is 276 g/mol. The lowest BCUT2D eigenvalue weighted by molar-refractivity contribution is -0.228. The molecule has 0 aromatic rings. The van der Waals surface area contributed by atoms with Crippen LogP contribution in [0, 0.1) is 28.6 Å². The summed E-state index contributed by atoms with van der Waals surface area (Å²) in [7, 11) is 0. The highest BCUT2D eigenvalue weighted by atomic mass is 16.3. The first-order chi connectivity index (χ1) is 10.3. The maximum atomic E-state index is 12.4. The summed E-state index contributed by atoms with van der Waals surface area (Å²) in [5.74, 6) is 1.75. The van der Waals surface area contributed by atoms with Crippen LogP contribution in [0.25, 0.3) is 0 Å². The zero-order chi connectivity index (χ0) is 15.8. The van der Waals surface area contributed by atoms with Gasteiger partial charge in [-0.2, -0.15) is 0 Å². The summed E-state index contributed by atoms with van der Waals surface area (Å²) in [5, 5.41) is 11.8. The fraction of sp³-hybridized carbons (Fsp3) is 0.895. The average Bonchev–Trinajstić information content (AvgIpc) is 2.77. The second kappa shape index (κ2) is 4.43. The Kier molecular flexibility index (Phi) is 3.00. The predicted molar refractivity (Wildman–Crippen MR) is 83.2 cm³/mol. The molecule has 4 aliphatic rings. The molecule has 0 radical (unpaired) electrons. The molecule has 4 aliphatic carbocycles. The van der Waals surface area contributed by atoms with Crippen LogP contribution in [0.2, 0.25) is 0 Å². The predicted octanol–water partition coefficient (Wildman–Crippen LogP) is 3.28. The van der Waals surface area contributed by atoms with E-state index in [9.17, 15) is 14.7 Å². The van der Waals surface area contributed by atoms with Crippen LogP contribution >= 0.6 is 0 Å². The molecule has 0 bridgehead atoms. The number of carbonyl (C=O) groups is 2. The van der Waals surface area contributed by atoms with Crippen molar-refractivity contribution in [2.24, 2.45) is 28.6 Å². The van der Waals surface area contributed by atoms with Crippen molar-refractivity contribution in [3.05, 3.63) is 0 Å². The molecule has 0 amide bonds. The van der Waals surface area contributed by atoms with Crippen LogP contribution in [0.3, 0.4) is 0 Å². The van der Waals surface area contributed by atoms with Crippen molar-refractivity contribution in [1.82, 2.24) is 0 Å². The Morgan fingerprint density at radius 2 is 1.73 bits per heavy atom. The van der Waals surface area contributed by atoms with Crippen molar-refractivity contribution < 1.29 is 14.7 Å². The Morgan fingerprint density at radius 3 is 2.50 bits per heavy atom. The van der Waals surface area contributed by atoms with Crippen molar-refractivity contribution in [3.8, 4) is 0 Å². The first kappa shape index (κ1) is 14.9. The number of aliphatic hydroxyl groups is 1. The minimum atomic E-state index is -0.661. The normalized spacial score (nSPS) is 54.6. The third kappa shape index (κ3) is 1.61. The molecule has 1 N–H and O–H groups in total. The van der Waals surface area contributed by atoms with Gasteiger partial charge in [0.1, 0.15) is 11.6 Å². The summed E-state index contributed by atoms with van der Waals surface area (Å²) in [6.07, 6.45) is 7.41. The lowest BCUT2D eigenvalue weighted by atomic mass is 9.43. The summed E-state index contributed by atoms with van der Waals surface area (Å²) in [6, 6.07) is 0. The molecule has 0 aromatic carbocycles. The molecule has 22 heavy (non-hydrogen) atoms. The van der Waals surface area contributed by atoms with E-state index in [4.69, 9.17) is 0 Å². The topological polar surface area (TPSA) is 54.4 Å². The van der Waals surface area contributed by atoms with E-state index in [0.717, 1.165) is 38.5 Å². The van der Waals surface area contributed by atoms with Gasteiger partial charge in [-0.25, -0.2) is 0 Å². The number of hydrogen-bond acceptors (Lipinski definition) is 3. The van der Waals surface area contributed by atoms with Gasteiger partial charge < -0.3 is 5.11 Å². The number of ketones is 2. The summed E-state index contributed by atoms with van der Waals surface area (Å²) < 4.78 is 0. The molecule has 0 saturated heterocycles. The molecule has 6 atom stereocenters. The molecule has 0 spiro atoms. The zero-order valence-corrected chi connectivity index (χ0v) is 13.9. The molecular formula is C19H28O3. The highest BCUT2D eigenvalue weighted by molar-refractivity contribution is 5.87. The summed E-state index contributed by atoms with van der Waals surface area (Å²) in [5.41, 5.74) is -0.979. The number of Topliss-reactive ketones (excluding diaryl/α,β-unsaturated/α-hetero) is 2. The van der Waals surface area contributed by atoms with E-state index in [2.05, 4.69) is 13.8 Å². The Hall–Kier alpha value is -0.700. The molecule has 4 saturated carbocycles. The Bertz CT molecular complexity index is 541. The average molecular weight is 304 g/mol. The van der Waals surface area contributed by atoms with Crippen LogP contribution in [0.5, 0.6) is 0 Å². The monoisotopic (exact) mass is 304 g/mol. The molecule has 4 fully saturated rings. The highest BCUT2D eigenvalue weighted by Gasteiger charge is 2.66. The van der Waals surface area contributed by atoms with E-state index < -0.39 is 5.60 Å². The van der Waals surface area contributed by atoms with Crippen LogP contribution in [0.1, 0.15) is 71.6 Å². The van der Waals surface area contributed by atoms with Crippen LogP contribution in [0.4, 0.5) is 0 Å². The van der Waals surface area contributed by atoms with Crippen LogP contribution in [-0.4, -0.2) is 22.3 Å². The second-order valence-electron chi connectivity index (χ2n) is 8.95. The number of rotatable bonds is 0. The maximum Gasteiger partial charge on any atom is 0.139 e. The Labute approximate surface area is 132 Å². The fourth-order valence-electron chi connectivity index (χ4n) is 6.76. The molecule has 0 aliphatic heterocycles. The third-order valence-electron chi connectivity index (χ3n) is 8.38. The first-order valence-corrected chi connectivity index (χ1v) is 9.09. The van der Waals surface area contributed by atoms with Gasteiger partial charge in [-0.1, -0.05) is 13.8 Å². The van der Waals surface area contributed by atoms with Gasteiger partial charge in [-0.3, -0.25) is 9.59 Å². The van der Waals surface area contributed by atoms with Crippen LogP contribution in [0.15, 0.2) is 0 Å². The highest BCUT2D eigenvalue weighted by Crippen LogP contribution is 2.66. The number of carbonyl (C=O) groups excluding carboxylic acids is 2. The van der Waals surface area contributed by atoms with Crippen LogP contribution in [-0.2, 0) is 9.59 Å². The largest absolute Gasteiger partial charge is 0.389 e. The quantitative estimate of drug-likeness (QED) is 0.747. The van der Waals surface area contributed by atoms with E-state index in [1.165, 1.54) is 0 Å². The van der Waals surface area contributed by atoms with E-state index in [1.807, 2.05) is 0 Å². The standard InChI is InChI=1S/C19H28O3/c1-17-9-10-19(22)15(14(17)5-6-16(17)21)4-3-12-11-13(20)7-8-18(12,19)2/h12,14-15,22H,3-11H2,1-2H3/t12-,14?,15?,17+,18+,19-/m1/s1. The number of fused-ring (bicyclic) bond motifs is 5. The second-order valence-corrected chi connectivity index (χ2v) is 8.95. The van der Waals surface area contributed by atoms with Crippen molar-refractivity contribution in [1.29, 1.82) is 0 Å². The van der Waals surface area contributed by atoms with Gasteiger partial charge in [-0.05, 0) is 56.3 Å². The van der Waals surface area contributed by atoms with Crippen molar-refractivity contribution in [3.63, 3.8) is 0 Å². The van der Waals surface area contributed by atoms with Gasteiger partial charge in [0.25, 0.3) is 0 Å². The summed E-state index contributed by atoms with van der Waals surface area (Å²) >= 11 is 0. The first-order valence-electron chi connectivity index (χ1n) is 9.09. The maximum absolute atomic E-state index is 12.4. The van der Waals surface area contributed by atoms with Gasteiger partial charge in [0.15, 0.2) is 0 Å². The molecule has 0 heterocycles. The third-order valence-corrected chi connectivity index (χ3v) is 8.38. The van der Waals surface area contributed by atoms with Gasteiger partial charge >= 0.3 is 0 Å². The fourth-order valence-corrected chi connectivity index (χ4v) is 6.76. The SMILES string of the molecule is C[C@]12CCC(=O)C[C@H]1CCC1C3CCC(=O)[C@@]3(C)CC[C@@]12O. The van der Waals surface area contributed by atoms with Crippen LogP contribution < -0.4 is 0 Å². The van der Waals surface area contributed by atoms with Gasteiger partial charge in [0, 0.05) is 30.1 Å². The Balaban J connectivity index is 1.72. The lowest BCUT2D eigenvalue weighted by Crippen LogP contribution is -2.65. The zero-order valence-electron chi connectivity index (χ0n) is 13.9. The Morgan fingerprint density at radius 1 is 0.955 bits per heavy atom. The molecule has 0 aromatic heterocycles. The summed E-state index contributed by atoms with van der Waals surface area (Å²) in [4.78, 5) is 24.3. The molecule has 4 rings (SSSR count). The molecule has 2 unspecified atom stereocenters. The van der Waals surface area contributed by atoms with Crippen molar-refractivity contribution >= 4 is 11.6 Å². The van der Waals surface area contributed by atoms with E-state index >= 15 is 0 Å². The lowest BCUT2D eigenvalue weighted by Gasteiger charge is -2.64. The molecule has 3 heteroatoms. The van der Waals surface area contributed by atoms with Crippen molar-refractivity contribution in [2.75, 3.05) is 0 Å². The molecule has 122 valence electrons. The van der Waals surface area contributed by atoms with E-state index in [0.29, 0.717) is 42.7 Å². The van der Waals surface area contributed by atoms with E-state index in [1.54, 1.807) is 0 Å². The van der Waals surface area contributed by atoms with Gasteiger partial charge in [-0.15, -0.1) is 0 Å². The minimum absolute atomic E-state index is 0.128. The minimum Gasteiger partial charge on any atom is -0.389 e. The van der Waals surface area contributed by atoms with Gasteiger partial charge in [0.05, 0.1) is 5.60 Å². The van der Waals surface area contributed by atoms with Crippen molar-refractivity contribution in [2.45, 2.75) is 77.2 Å². The number of hydrogen-bond donors (Lipinski definition) is 1.